The van der Waals surface area contributed by atoms with Crippen LogP contribution in [0, 0.1) is 12.8 Å². The molecule has 146 valence electrons. The van der Waals surface area contributed by atoms with Crippen LogP contribution in [0.25, 0.3) is 0 Å². The molecular weight excluding hydrogens is 358 g/mol. The fourth-order valence-electron chi connectivity index (χ4n) is 3.22. The molecule has 1 atom stereocenters. The molecule has 7 nitrogen and oxygen atoms in total. The number of hydrogen-bond donors (Lipinski definition) is 2. The fourth-order valence-corrected chi connectivity index (χ4v) is 3.22. The van der Waals surface area contributed by atoms with E-state index in [1.807, 2.05) is 19.1 Å². The Hall–Kier alpha value is -3.35. The molecule has 1 fully saturated rings. The van der Waals surface area contributed by atoms with Gasteiger partial charge in [0, 0.05) is 31.3 Å². The zero-order valence-corrected chi connectivity index (χ0v) is 16.1. The van der Waals surface area contributed by atoms with E-state index < -0.39 is 5.92 Å². The first-order valence-electron chi connectivity index (χ1n) is 9.01. The Morgan fingerprint density at radius 1 is 1.11 bits per heavy atom. The summed E-state index contributed by atoms with van der Waals surface area (Å²) in [6, 6.07) is 12.5. The molecule has 2 aromatic rings. The van der Waals surface area contributed by atoms with Gasteiger partial charge >= 0.3 is 0 Å². The zero-order chi connectivity index (χ0) is 20.3. The second kappa shape index (κ2) is 8.12. The van der Waals surface area contributed by atoms with E-state index in [9.17, 15) is 14.4 Å². The largest absolute Gasteiger partial charge is 0.495 e. The molecule has 1 aliphatic heterocycles. The predicted octanol–water partition coefficient (Wildman–Crippen LogP) is 2.95. The summed E-state index contributed by atoms with van der Waals surface area (Å²) >= 11 is 0. The lowest BCUT2D eigenvalue weighted by Gasteiger charge is -2.18. The molecule has 1 aliphatic rings. The van der Waals surface area contributed by atoms with E-state index in [-0.39, 0.29) is 24.1 Å². The summed E-state index contributed by atoms with van der Waals surface area (Å²) < 4.78 is 5.29. The smallest absolute Gasteiger partial charge is 0.229 e. The van der Waals surface area contributed by atoms with Crippen molar-refractivity contribution in [2.24, 2.45) is 5.92 Å². The van der Waals surface area contributed by atoms with Crippen LogP contribution in [0.1, 0.15) is 18.9 Å². The highest BCUT2D eigenvalue weighted by Gasteiger charge is 2.35. The number of benzene rings is 2. The summed E-state index contributed by atoms with van der Waals surface area (Å²) in [4.78, 5) is 37.8. The van der Waals surface area contributed by atoms with Crippen LogP contribution in [-0.4, -0.2) is 31.4 Å². The van der Waals surface area contributed by atoms with E-state index in [1.54, 1.807) is 42.3 Å². The highest BCUT2D eigenvalue weighted by molar-refractivity contribution is 6.04. The van der Waals surface area contributed by atoms with Gasteiger partial charge in [0.25, 0.3) is 0 Å². The van der Waals surface area contributed by atoms with Crippen molar-refractivity contribution < 1.29 is 19.1 Å². The molecule has 0 aromatic heterocycles. The SMILES string of the molecule is COc1ccc(C)cc1NC(=O)C1CC(=O)N(c2ccc(NC(C)=O)cc2)C1. The normalized spacial score (nSPS) is 16.0. The van der Waals surface area contributed by atoms with Gasteiger partial charge in [-0.1, -0.05) is 6.07 Å². The summed E-state index contributed by atoms with van der Waals surface area (Å²) in [6.45, 7) is 3.67. The summed E-state index contributed by atoms with van der Waals surface area (Å²) in [5, 5.41) is 5.56. The quantitative estimate of drug-likeness (QED) is 0.834. The second-order valence-corrected chi connectivity index (χ2v) is 6.83. The summed E-state index contributed by atoms with van der Waals surface area (Å²) in [6.07, 6.45) is 0.146. The number of hydrogen-bond acceptors (Lipinski definition) is 4. The number of carbonyl (C=O) groups excluding carboxylic acids is 3. The van der Waals surface area contributed by atoms with Crippen molar-refractivity contribution in [1.82, 2.24) is 0 Å². The van der Waals surface area contributed by atoms with Gasteiger partial charge < -0.3 is 20.3 Å². The van der Waals surface area contributed by atoms with E-state index in [2.05, 4.69) is 10.6 Å². The van der Waals surface area contributed by atoms with Crippen molar-refractivity contribution >= 4 is 34.8 Å². The maximum Gasteiger partial charge on any atom is 0.229 e. The lowest BCUT2D eigenvalue weighted by atomic mass is 10.1. The molecule has 2 N–H and O–H groups in total. The fraction of sp³-hybridized carbons (Fsp3) is 0.286. The maximum absolute atomic E-state index is 12.7. The van der Waals surface area contributed by atoms with Crippen LogP contribution in [0.5, 0.6) is 5.75 Å². The van der Waals surface area contributed by atoms with Gasteiger partial charge in [-0.2, -0.15) is 0 Å². The van der Waals surface area contributed by atoms with Gasteiger partial charge in [0.05, 0.1) is 18.7 Å². The van der Waals surface area contributed by atoms with E-state index in [0.717, 1.165) is 5.56 Å². The Morgan fingerprint density at radius 2 is 1.82 bits per heavy atom. The van der Waals surface area contributed by atoms with E-state index in [1.165, 1.54) is 6.92 Å². The molecule has 2 aromatic carbocycles. The van der Waals surface area contributed by atoms with Gasteiger partial charge in [0.2, 0.25) is 17.7 Å². The molecule has 0 bridgehead atoms. The number of rotatable bonds is 5. The topological polar surface area (TPSA) is 87.7 Å². The molecule has 1 heterocycles. The average molecular weight is 381 g/mol. The third-order valence-electron chi connectivity index (χ3n) is 4.61. The molecule has 3 rings (SSSR count). The van der Waals surface area contributed by atoms with Crippen molar-refractivity contribution in [3.8, 4) is 5.75 Å². The molecule has 28 heavy (non-hydrogen) atoms. The van der Waals surface area contributed by atoms with Gasteiger partial charge in [-0.25, -0.2) is 0 Å². The minimum Gasteiger partial charge on any atom is -0.495 e. The Bertz CT molecular complexity index is 908. The van der Waals surface area contributed by atoms with Gasteiger partial charge in [-0.05, 0) is 48.9 Å². The minimum absolute atomic E-state index is 0.108. The van der Waals surface area contributed by atoms with E-state index >= 15 is 0 Å². The van der Waals surface area contributed by atoms with Crippen molar-refractivity contribution in [3.05, 3.63) is 48.0 Å². The summed E-state index contributed by atoms with van der Waals surface area (Å²) in [5.74, 6) is -0.354. The van der Waals surface area contributed by atoms with Crippen LogP contribution >= 0.6 is 0 Å². The van der Waals surface area contributed by atoms with Crippen LogP contribution in [0.2, 0.25) is 0 Å². The minimum atomic E-state index is -0.451. The van der Waals surface area contributed by atoms with Crippen molar-refractivity contribution in [2.75, 3.05) is 29.2 Å². The number of nitrogens with zero attached hydrogens (tertiary/aromatic N) is 1. The molecule has 0 radical (unpaired) electrons. The number of nitrogens with one attached hydrogen (secondary N) is 2. The second-order valence-electron chi connectivity index (χ2n) is 6.83. The molecule has 1 unspecified atom stereocenters. The van der Waals surface area contributed by atoms with E-state index in [4.69, 9.17) is 4.74 Å². The number of anilines is 3. The third kappa shape index (κ3) is 4.31. The van der Waals surface area contributed by atoms with Gasteiger partial charge in [-0.3, -0.25) is 14.4 Å². The standard InChI is InChI=1S/C21H23N3O4/c1-13-4-9-19(28-3)18(10-13)23-21(27)15-11-20(26)24(12-15)17-7-5-16(6-8-17)22-14(2)25/h4-10,15H,11-12H2,1-3H3,(H,22,25)(H,23,27). The Morgan fingerprint density at radius 3 is 2.46 bits per heavy atom. The number of ether oxygens (including phenoxy) is 1. The van der Waals surface area contributed by atoms with Crippen molar-refractivity contribution in [3.63, 3.8) is 0 Å². The van der Waals surface area contributed by atoms with Crippen LogP contribution in [0.4, 0.5) is 17.1 Å². The van der Waals surface area contributed by atoms with Gasteiger partial charge in [0.15, 0.2) is 0 Å². The van der Waals surface area contributed by atoms with E-state index in [0.29, 0.717) is 29.4 Å². The van der Waals surface area contributed by atoms with Crippen LogP contribution in [0.3, 0.4) is 0 Å². The lowest BCUT2D eigenvalue weighted by Crippen LogP contribution is -2.28. The first kappa shape index (κ1) is 19.4. The Balaban J connectivity index is 1.69. The number of aryl methyl sites for hydroxylation is 1. The third-order valence-corrected chi connectivity index (χ3v) is 4.61. The lowest BCUT2D eigenvalue weighted by molar-refractivity contribution is -0.122. The average Bonchev–Trinajstić information content (AvgIpc) is 3.04. The molecule has 0 spiro atoms. The van der Waals surface area contributed by atoms with Crippen LogP contribution < -0.4 is 20.3 Å². The van der Waals surface area contributed by atoms with Crippen LogP contribution in [-0.2, 0) is 14.4 Å². The highest BCUT2D eigenvalue weighted by Crippen LogP contribution is 2.29. The summed E-state index contributed by atoms with van der Waals surface area (Å²) in [7, 11) is 1.55. The zero-order valence-electron chi connectivity index (χ0n) is 16.1. The molecule has 1 saturated heterocycles. The molecule has 7 heteroatoms. The maximum atomic E-state index is 12.7. The monoisotopic (exact) mass is 381 g/mol. The molecule has 0 aliphatic carbocycles. The van der Waals surface area contributed by atoms with Gasteiger partial charge in [-0.15, -0.1) is 0 Å². The van der Waals surface area contributed by atoms with Gasteiger partial charge in [0.1, 0.15) is 5.75 Å². The number of carbonyl (C=O) groups is 3. The first-order chi connectivity index (χ1) is 13.4. The highest BCUT2D eigenvalue weighted by atomic mass is 16.5. The summed E-state index contributed by atoms with van der Waals surface area (Å²) in [5.41, 5.74) is 2.95. The molecular formula is C21H23N3O4. The predicted molar refractivity (Wildman–Crippen MR) is 108 cm³/mol. The van der Waals surface area contributed by atoms with Crippen LogP contribution in [0.15, 0.2) is 42.5 Å². The number of methoxy groups -OCH3 is 1. The molecule has 0 saturated carbocycles. The Labute approximate surface area is 163 Å². The first-order valence-corrected chi connectivity index (χ1v) is 9.01. The van der Waals surface area contributed by atoms with Crippen molar-refractivity contribution in [1.29, 1.82) is 0 Å². The Kier molecular flexibility index (Phi) is 5.63. The number of amides is 3. The molecule has 3 amide bonds. The van der Waals surface area contributed by atoms with Crippen molar-refractivity contribution in [2.45, 2.75) is 20.3 Å².